The van der Waals surface area contributed by atoms with Crippen molar-refractivity contribution >= 4 is 11.6 Å². The highest BCUT2D eigenvalue weighted by Gasteiger charge is 2.47. The van der Waals surface area contributed by atoms with Crippen LogP contribution in [0.2, 0.25) is 5.02 Å². The Bertz CT molecular complexity index is 461. The average Bonchev–Trinajstić information content (AvgIpc) is 2.73. The second kappa shape index (κ2) is 5.04. The molecule has 0 amide bonds. The summed E-state index contributed by atoms with van der Waals surface area (Å²) in [4.78, 5) is 2.35. The van der Waals surface area contributed by atoms with E-state index in [1.54, 1.807) is 12.1 Å². The topological polar surface area (TPSA) is 23.5 Å². The number of benzene rings is 1. The normalized spacial score (nSPS) is 31.4. The Morgan fingerprint density at radius 3 is 3.00 bits per heavy atom. The van der Waals surface area contributed by atoms with Crippen LogP contribution in [0.1, 0.15) is 31.2 Å². The maximum absolute atomic E-state index is 13.9. The number of hydrogen-bond acceptors (Lipinski definition) is 2. The summed E-state index contributed by atoms with van der Waals surface area (Å²) in [5.41, 5.74) is -0.370. The molecule has 0 aromatic heterocycles. The zero-order valence-electron chi connectivity index (χ0n) is 10.9. The highest BCUT2D eigenvalue weighted by Crippen LogP contribution is 2.38. The lowest BCUT2D eigenvalue weighted by Gasteiger charge is -2.37. The van der Waals surface area contributed by atoms with Crippen molar-refractivity contribution in [3.63, 3.8) is 0 Å². The van der Waals surface area contributed by atoms with E-state index in [0.29, 0.717) is 23.4 Å². The summed E-state index contributed by atoms with van der Waals surface area (Å²) in [6, 6.07) is 4.87. The van der Waals surface area contributed by atoms with Crippen LogP contribution < -0.4 is 0 Å². The van der Waals surface area contributed by atoms with E-state index in [1.165, 1.54) is 12.5 Å². The highest BCUT2D eigenvalue weighted by atomic mass is 35.5. The number of nitrogens with zero attached hydrogens (tertiary/aromatic N) is 1. The Kier molecular flexibility index (Phi) is 3.54. The van der Waals surface area contributed by atoms with Gasteiger partial charge in [-0.2, -0.15) is 0 Å². The average molecular weight is 284 g/mol. The number of aliphatic hydroxyl groups is 1. The molecule has 2 saturated heterocycles. The Morgan fingerprint density at radius 1 is 1.37 bits per heavy atom. The summed E-state index contributed by atoms with van der Waals surface area (Å²) in [5.74, 6) is -0.310. The van der Waals surface area contributed by atoms with Gasteiger partial charge in [0.2, 0.25) is 0 Å². The van der Waals surface area contributed by atoms with E-state index >= 15 is 0 Å². The van der Waals surface area contributed by atoms with Crippen molar-refractivity contribution in [2.75, 3.05) is 13.1 Å². The van der Waals surface area contributed by atoms with Crippen LogP contribution in [0.3, 0.4) is 0 Å². The highest BCUT2D eigenvalue weighted by molar-refractivity contribution is 6.31. The summed E-state index contributed by atoms with van der Waals surface area (Å²) in [7, 11) is 0. The molecule has 2 aliphatic rings. The van der Waals surface area contributed by atoms with Crippen molar-refractivity contribution in [2.24, 2.45) is 0 Å². The van der Waals surface area contributed by atoms with Gasteiger partial charge in [0.15, 0.2) is 0 Å². The lowest BCUT2D eigenvalue weighted by atomic mass is 9.83. The minimum atomic E-state index is -0.827. The van der Waals surface area contributed by atoms with Gasteiger partial charge < -0.3 is 5.11 Å². The van der Waals surface area contributed by atoms with Gasteiger partial charge in [-0.1, -0.05) is 24.1 Å². The number of halogens is 2. The van der Waals surface area contributed by atoms with E-state index in [1.807, 2.05) is 0 Å². The molecular formula is C15H19ClFNO. The minimum absolute atomic E-state index is 0.164. The van der Waals surface area contributed by atoms with Crippen LogP contribution in [0.4, 0.5) is 4.39 Å². The van der Waals surface area contributed by atoms with E-state index in [-0.39, 0.29) is 11.9 Å². The molecular weight excluding hydrogens is 265 g/mol. The summed E-state index contributed by atoms with van der Waals surface area (Å²) in [6.07, 6.45) is 4.38. The van der Waals surface area contributed by atoms with Crippen LogP contribution in [0.25, 0.3) is 0 Å². The molecule has 0 saturated carbocycles. The first-order valence-corrected chi connectivity index (χ1v) is 7.37. The van der Waals surface area contributed by atoms with Gasteiger partial charge in [0.25, 0.3) is 0 Å². The molecule has 0 bridgehead atoms. The minimum Gasteiger partial charge on any atom is -0.388 e. The van der Waals surface area contributed by atoms with E-state index in [2.05, 4.69) is 4.90 Å². The van der Waals surface area contributed by atoms with Crippen LogP contribution in [-0.2, 0) is 6.42 Å². The lowest BCUT2D eigenvalue weighted by molar-refractivity contribution is -0.00942. The van der Waals surface area contributed by atoms with Crippen molar-refractivity contribution in [2.45, 2.75) is 43.7 Å². The largest absolute Gasteiger partial charge is 0.388 e. The van der Waals surface area contributed by atoms with Gasteiger partial charge in [0, 0.05) is 29.6 Å². The van der Waals surface area contributed by atoms with Gasteiger partial charge in [0.1, 0.15) is 5.82 Å². The predicted octanol–water partition coefficient (Wildman–Crippen LogP) is 3.01. The second-order valence-corrected chi connectivity index (χ2v) is 6.19. The van der Waals surface area contributed by atoms with Crippen LogP contribution >= 0.6 is 11.6 Å². The van der Waals surface area contributed by atoms with E-state index < -0.39 is 5.60 Å². The Morgan fingerprint density at radius 2 is 2.21 bits per heavy atom. The van der Waals surface area contributed by atoms with Crippen molar-refractivity contribution in [3.05, 3.63) is 34.6 Å². The fourth-order valence-corrected chi connectivity index (χ4v) is 3.81. The van der Waals surface area contributed by atoms with Crippen molar-refractivity contribution in [1.29, 1.82) is 0 Å². The number of rotatable bonds is 2. The molecule has 2 nitrogen and oxygen atoms in total. The van der Waals surface area contributed by atoms with Gasteiger partial charge in [-0.15, -0.1) is 0 Å². The molecule has 2 heterocycles. The van der Waals surface area contributed by atoms with Gasteiger partial charge in [-0.05, 0) is 37.9 Å². The first-order chi connectivity index (χ1) is 9.10. The first-order valence-electron chi connectivity index (χ1n) is 6.99. The lowest BCUT2D eigenvalue weighted by Crippen LogP contribution is -2.48. The van der Waals surface area contributed by atoms with Crippen molar-refractivity contribution < 1.29 is 9.50 Å². The van der Waals surface area contributed by atoms with Gasteiger partial charge in [-0.25, -0.2) is 4.39 Å². The molecule has 0 aliphatic carbocycles. The van der Waals surface area contributed by atoms with Crippen molar-refractivity contribution in [3.8, 4) is 0 Å². The second-order valence-electron chi connectivity index (χ2n) is 5.78. The number of piperidine rings is 1. The van der Waals surface area contributed by atoms with Crippen molar-refractivity contribution in [1.82, 2.24) is 4.90 Å². The Hall–Kier alpha value is -0.640. The van der Waals surface area contributed by atoms with Gasteiger partial charge >= 0.3 is 0 Å². The SMILES string of the molecule is OC1(Cc2c(F)cccc2Cl)CCN2CCCCC21. The smallest absolute Gasteiger partial charge is 0.127 e. The van der Waals surface area contributed by atoms with E-state index in [0.717, 1.165) is 25.9 Å². The zero-order valence-corrected chi connectivity index (χ0v) is 11.7. The monoisotopic (exact) mass is 283 g/mol. The van der Waals surface area contributed by atoms with Crippen LogP contribution in [-0.4, -0.2) is 34.7 Å². The summed E-state index contributed by atoms with van der Waals surface area (Å²) in [6.45, 7) is 1.96. The molecule has 4 heteroatoms. The fraction of sp³-hybridized carbons (Fsp3) is 0.600. The maximum Gasteiger partial charge on any atom is 0.127 e. The molecule has 1 aromatic rings. The third kappa shape index (κ3) is 2.39. The molecule has 3 rings (SSSR count). The molecule has 19 heavy (non-hydrogen) atoms. The van der Waals surface area contributed by atoms with E-state index in [4.69, 9.17) is 11.6 Å². The first kappa shape index (κ1) is 13.3. The Labute approximate surface area is 118 Å². The maximum atomic E-state index is 13.9. The quantitative estimate of drug-likeness (QED) is 0.902. The van der Waals surface area contributed by atoms with Crippen LogP contribution in [0, 0.1) is 5.82 Å². The molecule has 2 atom stereocenters. The molecule has 0 radical (unpaired) electrons. The standard InChI is InChI=1S/C15H19ClFNO/c16-12-4-3-5-13(17)11(12)10-15(19)7-9-18-8-2-1-6-14(15)18/h3-5,14,19H,1-2,6-10H2. The fourth-order valence-electron chi connectivity index (χ4n) is 3.58. The van der Waals surface area contributed by atoms with Gasteiger partial charge in [-0.3, -0.25) is 4.90 Å². The molecule has 1 aromatic carbocycles. The van der Waals surface area contributed by atoms with Crippen LogP contribution in [0.5, 0.6) is 0 Å². The van der Waals surface area contributed by atoms with E-state index in [9.17, 15) is 9.50 Å². The summed E-state index contributed by atoms with van der Waals surface area (Å²) < 4.78 is 13.9. The third-order valence-corrected chi connectivity index (χ3v) is 4.96. The molecule has 2 fully saturated rings. The summed E-state index contributed by atoms with van der Waals surface area (Å²) >= 11 is 6.08. The van der Waals surface area contributed by atoms with Gasteiger partial charge in [0.05, 0.1) is 5.60 Å². The summed E-state index contributed by atoms with van der Waals surface area (Å²) in [5, 5.41) is 11.3. The predicted molar refractivity (Wildman–Crippen MR) is 73.9 cm³/mol. The Balaban J connectivity index is 1.86. The molecule has 104 valence electrons. The van der Waals surface area contributed by atoms with Crippen LogP contribution in [0.15, 0.2) is 18.2 Å². The number of fused-ring (bicyclic) bond motifs is 1. The zero-order chi connectivity index (χ0) is 13.5. The molecule has 2 unspecified atom stereocenters. The molecule has 1 N–H and O–H groups in total. The molecule has 0 spiro atoms. The third-order valence-electron chi connectivity index (χ3n) is 4.61. The molecule has 2 aliphatic heterocycles. The number of hydrogen-bond donors (Lipinski definition) is 1.